The van der Waals surface area contributed by atoms with E-state index in [4.69, 9.17) is 5.73 Å². The summed E-state index contributed by atoms with van der Waals surface area (Å²) >= 11 is 0. The third-order valence-corrected chi connectivity index (χ3v) is 2.20. The Morgan fingerprint density at radius 2 is 2.33 bits per heavy atom. The normalized spacial score (nSPS) is 31.1. The summed E-state index contributed by atoms with van der Waals surface area (Å²) in [4.78, 5) is 10.6. The van der Waals surface area contributed by atoms with E-state index >= 15 is 0 Å². The molecule has 70 valence electrons. The van der Waals surface area contributed by atoms with Crippen molar-refractivity contribution in [1.29, 1.82) is 0 Å². The smallest absolute Gasteiger partial charge is 0.220 e. The summed E-state index contributed by atoms with van der Waals surface area (Å²) in [5.74, 6) is -0.429. The van der Waals surface area contributed by atoms with Gasteiger partial charge in [-0.15, -0.1) is 0 Å². The predicted octanol–water partition coefficient (Wildman–Crippen LogP) is -0.634. The molecule has 4 N–H and O–H groups in total. The number of nitrogens with one attached hydrogen (secondary N) is 1. The number of rotatable bonds is 2. The molecule has 1 saturated heterocycles. The third kappa shape index (κ3) is 2.79. The van der Waals surface area contributed by atoms with Gasteiger partial charge in [0.1, 0.15) is 0 Å². The number of nitrogens with two attached hydrogens (primary N) is 1. The SMILES string of the molecule is NC(=O)CC1(O)CCCCNC1. The fourth-order valence-electron chi connectivity index (χ4n) is 1.59. The van der Waals surface area contributed by atoms with Gasteiger partial charge in [-0.25, -0.2) is 0 Å². The van der Waals surface area contributed by atoms with Crippen LogP contribution in [0.4, 0.5) is 0 Å². The molecular formula is C8H16N2O2. The molecule has 1 atom stereocenters. The number of carbonyl (C=O) groups excluding carboxylic acids is 1. The number of hydrogen-bond acceptors (Lipinski definition) is 3. The molecule has 4 heteroatoms. The van der Waals surface area contributed by atoms with Crippen molar-refractivity contribution in [3.8, 4) is 0 Å². The first-order chi connectivity index (χ1) is 5.62. The molecule has 1 unspecified atom stereocenters. The van der Waals surface area contributed by atoms with Crippen molar-refractivity contribution in [3.63, 3.8) is 0 Å². The average Bonchev–Trinajstić information content (AvgIpc) is 2.12. The van der Waals surface area contributed by atoms with Gasteiger partial charge in [-0.2, -0.15) is 0 Å². The predicted molar refractivity (Wildman–Crippen MR) is 45.5 cm³/mol. The molecule has 1 aliphatic heterocycles. The van der Waals surface area contributed by atoms with Crippen LogP contribution in [0.25, 0.3) is 0 Å². The summed E-state index contributed by atoms with van der Waals surface area (Å²) in [6, 6.07) is 0. The molecule has 0 saturated carbocycles. The maximum absolute atomic E-state index is 10.6. The van der Waals surface area contributed by atoms with Crippen LogP contribution < -0.4 is 11.1 Å². The van der Waals surface area contributed by atoms with E-state index in [1.165, 1.54) is 0 Å². The lowest BCUT2D eigenvalue weighted by Gasteiger charge is -2.24. The Hall–Kier alpha value is -0.610. The molecule has 0 aliphatic carbocycles. The number of primary amides is 1. The zero-order valence-electron chi connectivity index (χ0n) is 7.18. The number of hydrogen-bond donors (Lipinski definition) is 3. The van der Waals surface area contributed by atoms with Crippen LogP contribution >= 0.6 is 0 Å². The van der Waals surface area contributed by atoms with Crippen LogP contribution in [0.1, 0.15) is 25.7 Å². The van der Waals surface area contributed by atoms with Crippen molar-refractivity contribution >= 4 is 5.91 Å². The Morgan fingerprint density at radius 1 is 1.58 bits per heavy atom. The highest BCUT2D eigenvalue weighted by atomic mass is 16.3. The first-order valence-corrected chi connectivity index (χ1v) is 4.34. The minimum absolute atomic E-state index is 0.0694. The molecule has 1 rings (SSSR count). The second-order valence-electron chi connectivity index (χ2n) is 3.50. The highest BCUT2D eigenvalue weighted by Gasteiger charge is 2.29. The molecule has 1 heterocycles. The van der Waals surface area contributed by atoms with E-state index in [-0.39, 0.29) is 6.42 Å². The summed E-state index contributed by atoms with van der Waals surface area (Å²) in [6.07, 6.45) is 2.75. The molecule has 0 spiro atoms. The molecule has 1 aliphatic rings. The molecular weight excluding hydrogens is 156 g/mol. The minimum atomic E-state index is -0.900. The highest BCUT2D eigenvalue weighted by Crippen LogP contribution is 2.19. The second-order valence-corrected chi connectivity index (χ2v) is 3.50. The minimum Gasteiger partial charge on any atom is -0.388 e. The maximum atomic E-state index is 10.6. The zero-order chi connectivity index (χ0) is 9.03. The monoisotopic (exact) mass is 172 g/mol. The molecule has 0 bridgehead atoms. The van der Waals surface area contributed by atoms with Crippen LogP contribution in [0.2, 0.25) is 0 Å². The van der Waals surface area contributed by atoms with Crippen molar-refractivity contribution in [2.24, 2.45) is 5.73 Å². The first-order valence-electron chi connectivity index (χ1n) is 4.34. The van der Waals surface area contributed by atoms with Gasteiger partial charge in [0.2, 0.25) is 5.91 Å². The van der Waals surface area contributed by atoms with Crippen LogP contribution in [0, 0.1) is 0 Å². The lowest BCUT2D eigenvalue weighted by Crippen LogP contribution is -2.42. The summed E-state index contributed by atoms with van der Waals surface area (Å²) in [6.45, 7) is 1.40. The molecule has 4 nitrogen and oxygen atoms in total. The van der Waals surface area contributed by atoms with E-state index in [9.17, 15) is 9.90 Å². The molecule has 12 heavy (non-hydrogen) atoms. The molecule has 1 fully saturated rings. The summed E-state index contributed by atoms with van der Waals surface area (Å²) in [5, 5.41) is 12.9. The van der Waals surface area contributed by atoms with Crippen LogP contribution in [0.3, 0.4) is 0 Å². The van der Waals surface area contributed by atoms with E-state index in [1.807, 2.05) is 0 Å². The molecule has 0 aromatic heterocycles. The number of β-amino-alcohol motifs (C(OH)–C–C–N with tert-alkyl or cyclic N) is 1. The standard InChI is InChI=1S/C8H16N2O2/c9-7(11)5-8(12)3-1-2-4-10-6-8/h10,12H,1-6H2,(H2,9,11). The van der Waals surface area contributed by atoms with Crippen molar-refractivity contribution in [2.75, 3.05) is 13.1 Å². The van der Waals surface area contributed by atoms with E-state index in [0.717, 1.165) is 19.4 Å². The number of carbonyl (C=O) groups is 1. The highest BCUT2D eigenvalue weighted by molar-refractivity contribution is 5.74. The van der Waals surface area contributed by atoms with Gasteiger partial charge in [-0.3, -0.25) is 4.79 Å². The zero-order valence-corrected chi connectivity index (χ0v) is 7.18. The fourth-order valence-corrected chi connectivity index (χ4v) is 1.59. The van der Waals surface area contributed by atoms with Gasteiger partial charge in [0.15, 0.2) is 0 Å². The van der Waals surface area contributed by atoms with Gasteiger partial charge >= 0.3 is 0 Å². The van der Waals surface area contributed by atoms with Crippen LogP contribution in [0.15, 0.2) is 0 Å². The van der Waals surface area contributed by atoms with Crippen LogP contribution in [-0.4, -0.2) is 29.7 Å². The Kier molecular flexibility index (Phi) is 3.05. The Bertz CT molecular complexity index is 162. The molecule has 0 aromatic carbocycles. The average molecular weight is 172 g/mol. The van der Waals surface area contributed by atoms with E-state index < -0.39 is 11.5 Å². The van der Waals surface area contributed by atoms with Gasteiger partial charge in [0.25, 0.3) is 0 Å². The van der Waals surface area contributed by atoms with Gasteiger partial charge in [-0.05, 0) is 25.8 Å². The van der Waals surface area contributed by atoms with Gasteiger partial charge in [0, 0.05) is 6.54 Å². The van der Waals surface area contributed by atoms with E-state index in [2.05, 4.69) is 5.32 Å². The van der Waals surface area contributed by atoms with Crippen molar-refractivity contribution in [3.05, 3.63) is 0 Å². The lowest BCUT2D eigenvalue weighted by atomic mass is 9.94. The van der Waals surface area contributed by atoms with Gasteiger partial charge < -0.3 is 16.2 Å². The molecule has 0 aromatic rings. The molecule has 0 radical (unpaired) electrons. The summed E-state index contributed by atoms with van der Waals surface area (Å²) in [5.41, 5.74) is 4.13. The number of aliphatic hydroxyl groups is 1. The largest absolute Gasteiger partial charge is 0.388 e. The molecule has 1 amide bonds. The Balaban J connectivity index is 2.48. The quantitative estimate of drug-likeness (QED) is 0.519. The van der Waals surface area contributed by atoms with Crippen molar-refractivity contribution < 1.29 is 9.90 Å². The van der Waals surface area contributed by atoms with E-state index in [0.29, 0.717) is 13.0 Å². The Labute approximate surface area is 72.1 Å². The Morgan fingerprint density at radius 3 is 3.00 bits per heavy atom. The topological polar surface area (TPSA) is 75.4 Å². The third-order valence-electron chi connectivity index (χ3n) is 2.20. The summed E-state index contributed by atoms with van der Waals surface area (Å²) in [7, 11) is 0. The lowest BCUT2D eigenvalue weighted by molar-refractivity contribution is -0.123. The fraction of sp³-hybridized carbons (Fsp3) is 0.875. The first kappa shape index (κ1) is 9.48. The second kappa shape index (κ2) is 3.87. The van der Waals surface area contributed by atoms with E-state index in [1.54, 1.807) is 0 Å². The van der Waals surface area contributed by atoms with Crippen LogP contribution in [0.5, 0.6) is 0 Å². The van der Waals surface area contributed by atoms with Crippen LogP contribution in [-0.2, 0) is 4.79 Å². The number of amides is 1. The van der Waals surface area contributed by atoms with Gasteiger partial charge in [-0.1, -0.05) is 0 Å². The maximum Gasteiger partial charge on any atom is 0.220 e. The van der Waals surface area contributed by atoms with Crippen molar-refractivity contribution in [1.82, 2.24) is 5.32 Å². The van der Waals surface area contributed by atoms with Crippen molar-refractivity contribution in [2.45, 2.75) is 31.3 Å². The summed E-state index contributed by atoms with van der Waals surface area (Å²) < 4.78 is 0. The van der Waals surface area contributed by atoms with Gasteiger partial charge in [0.05, 0.1) is 12.0 Å².